The van der Waals surface area contributed by atoms with Crippen LogP contribution in [0.4, 0.5) is 5.13 Å². The molecule has 0 spiro atoms. The molecule has 0 aliphatic rings. The highest BCUT2D eigenvalue weighted by atomic mass is 32.1. The summed E-state index contributed by atoms with van der Waals surface area (Å²) in [6, 6.07) is 13.7. The van der Waals surface area contributed by atoms with Crippen LogP contribution in [-0.4, -0.2) is 54.6 Å². The molecule has 1 amide bonds. The Kier molecular flexibility index (Phi) is 6.26. The van der Waals surface area contributed by atoms with Crippen LogP contribution in [0.15, 0.2) is 42.5 Å². The number of hydrogen-bond acceptors (Lipinski definition) is 7. The van der Waals surface area contributed by atoms with Crippen LogP contribution >= 0.6 is 22.7 Å². The molecule has 0 saturated heterocycles. The van der Waals surface area contributed by atoms with E-state index in [-0.39, 0.29) is 5.91 Å². The van der Waals surface area contributed by atoms with Crippen molar-refractivity contribution in [2.24, 2.45) is 0 Å². The Hall–Kier alpha value is -2.55. The van der Waals surface area contributed by atoms with E-state index in [1.807, 2.05) is 63.5 Å². The zero-order valence-electron chi connectivity index (χ0n) is 17.3. The average molecular weight is 441 g/mol. The van der Waals surface area contributed by atoms with E-state index in [9.17, 15) is 4.79 Å². The highest BCUT2D eigenvalue weighted by molar-refractivity contribution is 7.23. The van der Waals surface area contributed by atoms with Crippen LogP contribution < -0.4 is 9.64 Å². The minimum absolute atomic E-state index is 0.0981. The number of thiazole rings is 2. The SMILES string of the molecule is CCOc1ccc2nc(N(CCCN(C)C)C(=O)c3nc4ccccc4s3)sc2c1. The van der Waals surface area contributed by atoms with E-state index in [0.717, 1.165) is 39.1 Å². The number of carbonyl (C=O) groups excluding carboxylic acids is 1. The zero-order chi connectivity index (χ0) is 21.1. The maximum atomic E-state index is 13.4. The van der Waals surface area contributed by atoms with E-state index in [0.29, 0.717) is 23.3 Å². The molecule has 0 N–H and O–H groups in total. The number of fused-ring (bicyclic) bond motifs is 2. The fraction of sp³-hybridized carbons (Fsp3) is 0.318. The Morgan fingerprint density at radius 2 is 1.80 bits per heavy atom. The summed E-state index contributed by atoms with van der Waals surface area (Å²) in [6.45, 7) is 4.06. The molecule has 0 saturated carbocycles. The van der Waals surface area contributed by atoms with Crippen molar-refractivity contribution >= 4 is 54.1 Å². The number of amides is 1. The molecule has 0 radical (unpaired) electrons. The van der Waals surface area contributed by atoms with Crippen molar-refractivity contribution in [2.45, 2.75) is 13.3 Å². The lowest BCUT2D eigenvalue weighted by Crippen LogP contribution is -2.33. The summed E-state index contributed by atoms with van der Waals surface area (Å²) in [5, 5.41) is 1.19. The summed E-state index contributed by atoms with van der Waals surface area (Å²) in [7, 11) is 4.07. The maximum Gasteiger partial charge on any atom is 0.289 e. The van der Waals surface area contributed by atoms with Gasteiger partial charge in [0.05, 0.1) is 27.0 Å². The van der Waals surface area contributed by atoms with Crippen molar-refractivity contribution in [2.75, 3.05) is 38.7 Å². The van der Waals surface area contributed by atoms with Crippen LogP contribution in [0.3, 0.4) is 0 Å². The van der Waals surface area contributed by atoms with E-state index in [4.69, 9.17) is 9.72 Å². The van der Waals surface area contributed by atoms with E-state index in [1.54, 1.807) is 4.90 Å². The normalized spacial score (nSPS) is 11.5. The molecule has 0 unspecified atom stereocenters. The van der Waals surface area contributed by atoms with E-state index < -0.39 is 0 Å². The van der Waals surface area contributed by atoms with Gasteiger partial charge in [0.1, 0.15) is 5.75 Å². The lowest BCUT2D eigenvalue weighted by Gasteiger charge is -2.19. The van der Waals surface area contributed by atoms with E-state index in [1.165, 1.54) is 22.7 Å². The van der Waals surface area contributed by atoms with Gasteiger partial charge in [-0.1, -0.05) is 23.5 Å². The Balaban J connectivity index is 1.68. The van der Waals surface area contributed by atoms with Gasteiger partial charge in [0, 0.05) is 6.54 Å². The van der Waals surface area contributed by atoms with Crippen molar-refractivity contribution in [3.8, 4) is 5.75 Å². The number of hydrogen-bond donors (Lipinski definition) is 0. The van der Waals surface area contributed by atoms with Crippen molar-refractivity contribution in [3.63, 3.8) is 0 Å². The molecule has 30 heavy (non-hydrogen) atoms. The predicted octanol–water partition coefficient (Wildman–Crippen LogP) is 4.90. The smallest absolute Gasteiger partial charge is 0.289 e. The third-order valence-electron chi connectivity index (χ3n) is 4.60. The molecule has 2 heterocycles. The standard InChI is InChI=1S/C22H24N4O2S2/c1-4-28-15-10-11-17-19(14-15)30-22(24-17)26(13-7-12-25(2)3)21(27)20-23-16-8-5-6-9-18(16)29-20/h5-6,8-11,14H,4,7,12-13H2,1-3H3. The lowest BCUT2D eigenvalue weighted by atomic mass is 10.3. The molecule has 0 bridgehead atoms. The number of rotatable bonds is 8. The molecular formula is C22H24N4O2S2. The second-order valence-corrected chi connectivity index (χ2v) is 9.20. The maximum absolute atomic E-state index is 13.4. The van der Waals surface area contributed by atoms with Crippen molar-refractivity contribution in [3.05, 3.63) is 47.5 Å². The number of benzene rings is 2. The van der Waals surface area contributed by atoms with E-state index >= 15 is 0 Å². The van der Waals surface area contributed by atoms with Gasteiger partial charge in [-0.2, -0.15) is 0 Å². The van der Waals surface area contributed by atoms with Gasteiger partial charge in [-0.25, -0.2) is 9.97 Å². The lowest BCUT2D eigenvalue weighted by molar-refractivity contribution is 0.0986. The topological polar surface area (TPSA) is 58.6 Å². The second-order valence-electron chi connectivity index (χ2n) is 7.16. The summed E-state index contributed by atoms with van der Waals surface area (Å²) >= 11 is 2.94. The molecule has 0 atom stereocenters. The second kappa shape index (κ2) is 9.07. The first-order chi connectivity index (χ1) is 14.5. The fourth-order valence-corrected chi connectivity index (χ4v) is 5.11. The molecule has 2 aromatic heterocycles. The molecule has 4 aromatic rings. The van der Waals surface area contributed by atoms with Crippen LogP contribution in [0.25, 0.3) is 20.4 Å². The third-order valence-corrected chi connectivity index (χ3v) is 6.67. The summed E-state index contributed by atoms with van der Waals surface area (Å²) in [5.41, 5.74) is 1.72. The monoisotopic (exact) mass is 440 g/mol. The van der Waals surface area contributed by atoms with E-state index in [2.05, 4.69) is 9.88 Å². The van der Waals surface area contributed by atoms with Gasteiger partial charge in [-0.05, 0) is 64.3 Å². The Labute approximate surface area is 183 Å². The first-order valence-corrected chi connectivity index (χ1v) is 11.5. The summed E-state index contributed by atoms with van der Waals surface area (Å²) in [5.74, 6) is 0.718. The van der Waals surface area contributed by atoms with Crippen LogP contribution in [0.5, 0.6) is 5.75 Å². The highest BCUT2D eigenvalue weighted by Crippen LogP contribution is 2.33. The van der Waals surface area contributed by atoms with Gasteiger partial charge in [0.15, 0.2) is 10.1 Å². The van der Waals surface area contributed by atoms with Crippen molar-refractivity contribution in [1.29, 1.82) is 0 Å². The number of nitrogens with zero attached hydrogens (tertiary/aromatic N) is 4. The minimum Gasteiger partial charge on any atom is -0.494 e. The molecule has 0 aliphatic carbocycles. The number of para-hydroxylation sites is 1. The average Bonchev–Trinajstić information content (AvgIpc) is 3.34. The van der Waals surface area contributed by atoms with Crippen molar-refractivity contribution in [1.82, 2.24) is 14.9 Å². The fourth-order valence-electron chi connectivity index (χ4n) is 3.17. The van der Waals surface area contributed by atoms with Gasteiger partial charge in [-0.3, -0.25) is 9.69 Å². The quantitative estimate of drug-likeness (QED) is 0.390. The molecule has 0 aliphatic heterocycles. The molecule has 8 heteroatoms. The van der Waals surface area contributed by atoms with Gasteiger partial charge < -0.3 is 9.64 Å². The minimum atomic E-state index is -0.0981. The number of anilines is 1. The Morgan fingerprint density at radius 3 is 2.57 bits per heavy atom. The van der Waals surface area contributed by atoms with Gasteiger partial charge in [-0.15, -0.1) is 11.3 Å². The van der Waals surface area contributed by atoms with Crippen molar-refractivity contribution < 1.29 is 9.53 Å². The molecule has 0 fully saturated rings. The number of aromatic nitrogens is 2. The van der Waals surface area contributed by atoms with Gasteiger partial charge in [0.25, 0.3) is 5.91 Å². The number of ether oxygens (including phenoxy) is 1. The van der Waals surface area contributed by atoms with Crippen LogP contribution in [0.1, 0.15) is 23.1 Å². The summed E-state index contributed by atoms with van der Waals surface area (Å²) in [4.78, 5) is 26.6. The molecular weight excluding hydrogens is 416 g/mol. The molecule has 4 rings (SSSR count). The van der Waals surface area contributed by atoms with Gasteiger partial charge in [0.2, 0.25) is 0 Å². The number of carbonyl (C=O) groups is 1. The third kappa shape index (κ3) is 4.45. The first kappa shape index (κ1) is 20.7. The summed E-state index contributed by atoms with van der Waals surface area (Å²) < 4.78 is 7.63. The first-order valence-electron chi connectivity index (χ1n) is 9.90. The van der Waals surface area contributed by atoms with Crippen LogP contribution in [0.2, 0.25) is 0 Å². The zero-order valence-corrected chi connectivity index (χ0v) is 18.9. The van der Waals surface area contributed by atoms with Gasteiger partial charge >= 0.3 is 0 Å². The molecule has 6 nitrogen and oxygen atoms in total. The largest absolute Gasteiger partial charge is 0.494 e. The summed E-state index contributed by atoms with van der Waals surface area (Å²) in [6.07, 6.45) is 0.851. The Morgan fingerprint density at radius 1 is 1.00 bits per heavy atom. The Bertz CT molecular complexity index is 1140. The highest BCUT2D eigenvalue weighted by Gasteiger charge is 2.24. The molecule has 156 valence electrons. The predicted molar refractivity (Wildman–Crippen MR) is 125 cm³/mol. The van der Waals surface area contributed by atoms with Crippen LogP contribution in [-0.2, 0) is 0 Å². The van der Waals surface area contributed by atoms with Crippen LogP contribution in [0, 0.1) is 0 Å². The molecule has 2 aromatic carbocycles.